The summed E-state index contributed by atoms with van der Waals surface area (Å²) in [6, 6.07) is 4.14. The van der Waals surface area contributed by atoms with E-state index in [1.807, 2.05) is 13.8 Å². The standard InChI is InChI=1S/C15H24N2O5S/c1-4-11(2)17-14-7-6-12(10-13(14)15(18)19)23(20,21)16-8-5-9-22-3/h6-7,10-11,16-17H,4-5,8-9H2,1-3H3,(H,18,19)/t11-/m0/s1. The molecule has 0 radical (unpaired) electrons. The van der Waals surface area contributed by atoms with Gasteiger partial charge in [-0.05, 0) is 38.0 Å². The second-order valence-corrected chi connectivity index (χ2v) is 6.98. The van der Waals surface area contributed by atoms with Crippen molar-refractivity contribution < 1.29 is 23.1 Å². The van der Waals surface area contributed by atoms with Crippen molar-refractivity contribution in [2.24, 2.45) is 0 Å². The largest absolute Gasteiger partial charge is 0.478 e. The number of aromatic carboxylic acids is 1. The molecular weight excluding hydrogens is 320 g/mol. The number of methoxy groups -OCH3 is 1. The molecule has 0 aliphatic heterocycles. The molecule has 0 heterocycles. The minimum Gasteiger partial charge on any atom is -0.478 e. The van der Waals surface area contributed by atoms with Crippen LogP contribution >= 0.6 is 0 Å². The van der Waals surface area contributed by atoms with Gasteiger partial charge in [0.15, 0.2) is 0 Å². The minimum atomic E-state index is -3.74. The van der Waals surface area contributed by atoms with Crippen LogP contribution in [0.2, 0.25) is 0 Å². The summed E-state index contributed by atoms with van der Waals surface area (Å²) in [7, 11) is -2.21. The van der Waals surface area contributed by atoms with Gasteiger partial charge >= 0.3 is 5.97 Å². The van der Waals surface area contributed by atoms with E-state index in [1.54, 1.807) is 0 Å². The number of hydrogen-bond donors (Lipinski definition) is 3. The van der Waals surface area contributed by atoms with Crippen LogP contribution in [-0.2, 0) is 14.8 Å². The Hall–Kier alpha value is -1.64. The lowest BCUT2D eigenvalue weighted by Crippen LogP contribution is -2.26. The molecule has 0 unspecified atom stereocenters. The second-order valence-electron chi connectivity index (χ2n) is 5.21. The van der Waals surface area contributed by atoms with Crippen LogP contribution in [0.5, 0.6) is 0 Å². The molecule has 1 aromatic carbocycles. The number of sulfonamides is 1. The Kier molecular flexibility index (Phi) is 7.47. The van der Waals surface area contributed by atoms with Crippen molar-refractivity contribution in [2.75, 3.05) is 25.6 Å². The maximum absolute atomic E-state index is 12.2. The van der Waals surface area contributed by atoms with E-state index in [0.717, 1.165) is 6.42 Å². The lowest BCUT2D eigenvalue weighted by atomic mass is 10.1. The summed E-state index contributed by atoms with van der Waals surface area (Å²) >= 11 is 0. The third-order valence-electron chi connectivity index (χ3n) is 3.36. The second kappa shape index (κ2) is 8.85. The summed E-state index contributed by atoms with van der Waals surface area (Å²) in [5, 5.41) is 12.4. The van der Waals surface area contributed by atoms with E-state index in [9.17, 15) is 18.3 Å². The van der Waals surface area contributed by atoms with Crippen molar-refractivity contribution in [1.29, 1.82) is 0 Å². The molecule has 1 aromatic rings. The Morgan fingerprint density at radius 2 is 2.09 bits per heavy atom. The molecule has 0 aromatic heterocycles. The zero-order chi connectivity index (χ0) is 17.5. The lowest BCUT2D eigenvalue weighted by molar-refractivity contribution is 0.0697. The van der Waals surface area contributed by atoms with Crippen molar-refractivity contribution in [3.63, 3.8) is 0 Å². The Balaban J connectivity index is 3.00. The predicted octanol–water partition coefficient (Wildman–Crippen LogP) is 1.91. The first-order chi connectivity index (χ1) is 10.8. The van der Waals surface area contributed by atoms with E-state index in [1.165, 1.54) is 25.3 Å². The van der Waals surface area contributed by atoms with Crippen molar-refractivity contribution in [3.05, 3.63) is 23.8 Å². The Labute approximate surface area is 137 Å². The molecule has 7 nitrogen and oxygen atoms in total. The van der Waals surface area contributed by atoms with Gasteiger partial charge in [0.1, 0.15) is 0 Å². The zero-order valence-corrected chi connectivity index (χ0v) is 14.4. The highest BCUT2D eigenvalue weighted by molar-refractivity contribution is 7.89. The first-order valence-corrected chi connectivity index (χ1v) is 8.92. The number of rotatable bonds is 10. The van der Waals surface area contributed by atoms with Crippen molar-refractivity contribution >= 4 is 21.7 Å². The number of benzene rings is 1. The maximum atomic E-state index is 12.2. The highest BCUT2D eigenvalue weighted by Crippen LogP contribution is 2.22. The van der Waals surface area contributed by atoms with Gasteiger partial charge in [-0.2, -0.15) is 0 Å². The van der Waals surface area contributed by atoms with Gasteiger partial charge in [-0.15, -0.1) is 0 Å². The molecule has 0 aliphatic carbocycles. The summed E-state index contributed by atoms with van der Waals surface area (Å²) < 4.78 is 31.7. The number of anilines is 1. The Morgan fingerprint density at radius 3 is 2.65 bits per heavy atom. The topological polar surface area (TPSA) is 105 Å². The van der Waals surface area contributed by atoms with Crippen molar-refractivity contribution in [2.45, 2.75) is 37.6 Å². The van der Waals surface area contributed by atoms with E-state index in [2.05, 4.69) is 10.0 Å². The van der Waals surface area contributed by atoms with Crippen LogP contribution in [0.15, 0.2) is 23.1 Å². The van der Waals surface area contributed by atoms with Crippen LogP contribution in [0, 0.1) is 0 Å². The lowest BCUT2D eigenvalue weighted by Gasteiger charge is -2.16. The fourth-order valence-corrected chi connectivity index (χ4v) is 2.97. The molecule has 1 rings (SSSR count). The van der Waals surface area contributed by atoms with E-state index in [-0.39, 0.29) is 23.0 Å². The van der Waals surface area contributed by atoms with Gasteiger partial charge in [0.2, 0.25) is 10.0 Å². The van der Waals surface area contributed by atoms with Crippen molar-refractivity contribution in [3.8, 4) is 0 Å². The van der Waals surface area contributed by atoms with Crippen LogP contribution < -0.4 is 10.0 Å². The molecular formula is C15H24N2O5S. The fraction of sp³-hybridized carbons (Fsp3) is 0.533. The van der Waals surface area contributed by atoms with Gasteiger partial charge in [-0.1, -0.05) is 6.92 Å². The Bertz CT molecular complexity index is 631. The third kappa shape index (κ3) is 5.81. The summed E-state index contributed by atoms with van der Waals surface area (Å²) in [5.41, 5.74) is 0.343. The molecule has 3 N–H and O–H groups in total. The molecule has 0 spiro atoms. The third-order valence-corrected chi connectivity index (χ3v) is 4.82. The number of carbonyl (C=O) groups is 1. The highest BCUT2D eigenvalue weighted by Gasteiger charge is 2.19. The van der Waals surface area contributed by atoms with Gasteiger partial charge < -0.3 is 15.2 Å². The molecule has 0 amide bonds. The quantitative estimate of drug-likeness (QED) is 0.560. The molecule has 1 atom stereocenters. The summed E-state index contributed by atoms with van der Waals surface area (Å²) in [5.74, 6) is -1.17. The molecule has 0 saturated heterocycles. The van der Waals surface area contributed by atoms with Crippen LogP contribution in [0.25, 0.3) is 0 Å². The average Bonchev–Trinajstić information content (AvgIpc) is 2.51. The zero-order valence-electron chi connectivity index (χ0n) is 13.6. The fourth-order valence-electron chi connectivity index (χ4n) is 1.87. The van der Waals surface area contributed by atoms with E-state index in [0.29, 0.717) is 18.7 Å². The highest BCUT2D eigenvalue weighted by atomic mass is 32.2. The number of carboxylic acid groups (broad SMARTS) is 1. The van der Waals surface area contributed by atoms with Crippen LogP contribution in [0.4, 0.5) is 5.69 Å². The first kappa shape index (κ1) is 19.4. The molecule has 130 valence electrons. The number of nitrogens with one attached hydrogen (secondary N) is 2. The van der Waals surface area contributed by atoms with Gasteiger partial charge in [0.25, 0.3) is 0 Å². The smallest absolute Gasteiger partial charge is 0.337 e. The predicted molar refractivity (Wildman–Crippen MR) is 88.5 cm³/mol. The van der Waals surface area contributed by atoms with Crippen LogP contribution in [-0.4, -0.2) is 45.8 Å². The molecule has 0 fully saturated rings. The maximum Gasteiger partial charge on any atom is 0.337 e. The van der Waals surface area contributed by atoms with Gasteiger partial charge in [-0.3, -0.25) is 0 Å². The van der Waals surface area contributed by atoms with Crippen LogP contribution in [0.3, 0.4) is 0 Å². The molecule has 0 bridgehead atoms. The SMILES string of the molecule is CC[C@H](C)Nc1ccc(S(=O)(=O)NCCCOC)cc1C(=O)O. The summed E-state index contributed by atoms with van der Waals surface area (Å²) in [4.78, 5) is 11.3. The van der Waals surface area contributed by atoms with Gasteiger partial charge in [-0.25, -0.2) is 17.9 Å². The number of carboxylic acids is 1. The van der Waals surface area contributed by atoms with E-state index in [4.69, 9.17) is 4.74 Å². The number of hydrogen-bond acceptors (Lipinski definition) is 5. The van der Waals surface area contributed by atoms with E-state index >= 15 is 0 Å². The molecule has 23 heavy (non-hydrogen) atoms. The first-order valence-electron chi connectivity index (χ1n) is 7.44. The monoisotopic (exact) mass is 344 g/mol. The Morgan fingerprint density at radius 1 is 1.39 bits per heavy atom. The van der Waals surface area contributed by atoms with E-state index < -0.39 is 16.0 Å². The van der Waals surface area contributed by atoms with Gasteiger partial charge in [0, 0.05) is 32.0 Å². The normalized spacial score (nSPS) is 12.8. The van der Waals surface area contributed by atoms with Crippen LogP contribution in [0.1, 0.15) is 37.0 Å². The molecule has 0 aliphatic rings. The molecule has 0 saturated carbocycles. The van der Waals surface area contributed by atoms with Crippen molar-refractivity contribution in [1.82, 2.24) is 4.72 Å². The average molecular weight is 344 g/mol. The summed E-state index contributed by atoms with van der Waals surface area (Å²) in [6.45, 7) is 4.57. The minimum absolute atomic E-state index is 0.0648. The number of ether oxygens (including phenoxy) is 1. The molecule has 8 heteroatoms. The summed E-state index contributed by atoms with van der Waals surface area (Å²) in [6.07, 6.45) is 1.36. The van der Waals surface area contributed by atoms with Gasteiger partial charge in [0.05, 0.1) is 10.5 Å².